The fraction of sp³-hybridized carbons (Fsp3) is 0.0870. The number of rotatable bonds is 6. The summed E-state index contributed by atoms with van der Waals surface area (Å²) in [7, 11) is 0. The van der Waals surface area contributed by atoms with Crippen LogP contribution in [0.25, 0.3) is 10.2 Å². The van der Waals surface area contributed by atoms with Crippen LogP contribution in [-0.4, -0.2) is 22.6 Å². The number of fused-ring (bicyclic) bond motifs is 1. The van der Waals surface area contributed by atoms with Crippen molar-refractivity contribution in [3.05, 3.63) is 82.9 Å². The minimum absolute atomic E-state index is 0.0759. The van der Waals surface area contributed by atoms with E-state index in [1.54, 1.807) is 24.3 Å². The second-order valence-electron chi connectivity index (χ2n) is 6.78. The summed E-state index contributed by atoms with van der Waals surface area (Å²) in [4.78, 5) is 29.3. The molecule has 0 aliphatic carbocycles. The molecule has 0 aliphatic rings. The average Bonchev–Trinajstić information content (AvgIpc) is 3.16. The first kappa shape index (κ1) is 21.4. The number of carbonyl (C=O) groups is 2. The number of aromatic nitrogens is 1. The molecule has 0 fully saturated rings. The van der Waals surface area contributed by atoms with Crippen molar-refractivity contribution in [2.45, 2.75) is 11.3 Å². The molecule has 0 radical (unpaired) electrons. The molecule has 1 aromatic heterocycles. The summed E-state index contributed by atoms with van der Waals surface area (Å²) in [5.41, 5.74) is 3.83. The van der Waals surface area contributed by atoms with E-state index in [1.807, 2.05) is 49.4 Å². The maximum atomic E-state index is 12.4. The molecule has 8 heteroatoms. The number of carbonyl (C=O) groups excluding carboxylic acids is 2. The van der Waals surface area contributed by atoms with Gasteiger partial charge in [0.1, 0.15) is 0 Å². The van der Waals surface area contributed by atoms with Crippen molar-refractivity contribution in [2.24, 2.45) is 0 Å². The second-order valence-corrected chi connectivity index (χ2v) is 9.47. The summed E-state index contributed by atoms with van der Waals surface area (Å²) in [6.07, 6.45) is 0. The van der Waals surface area contributed by atoms with Crippen molar-refractivity contribution in [2.75, 3.05) is 16.4 Å². The molecule has 4 aromatic rings. The number of hydrogen-bond acceptors (Lipinski definition) is 5. The van der Waals surface area contributed by atoms with Gasteiger partial charge in [-0.3, -0.25) is 9.59 Å². The number of amides is 2. The Morgan fingerprint density at radius 3 is 2.68 bits per heavy atom. The van der Waals surface area contributed by atoms with Gasteiger partial charge in [0.05, 0.1) is 16.0 Å². The highest BCUT2D eigenvalue weighted by molar-refractivity contribution is 8.01. The normalized spacial score (nSPS) is 10.8. The predicted octanol–water partition coefficient (Wildman–Crippen LogP) is 6.24. The largest absolute Gasteiger partial charge is 0.325 e. The Labute approximate surface area is 192 Å². The van der Waals surface area contributed by atoms with Gasteiger partial charge in [-0.15, -0.1) is 11.3 Å². The number of aryl methyl sites for hydroxylation is 1. The third-order valence-corrected chi connectivity index (χ3v) is 6.86. The van der Waals surface area contributed by atoms with Crippen LogP contribution < -0.4 is 10.6 Å². The number of thioether (sulfide) groups is 1. The zero-order chi connectivity index (χ0) is 21.8. The first-order chi connectivity index (χ1) is 15.0. The molecule has 0 saturated heterocycles. The van der Waals surface area contributed by atoms with Gasteiger partial charge in [-0.25, -0.2) is 4.98 Å². The van der Waals surface area contributed by atoms with Crippen molar-refractivity contribution in [3.63, 3.8) is 0 Å². The maximum Gasteiger partial charge on any atom is 0.255 e. The highest BCUT2D eigenvalue weighted by atomic mass is 35.5. The zero-order valence-corrected chi connectivity index (χ0v) is 18.9. The molecule has 0 aliphatic heterocycles. The molecule has 4 rings (SSSR count). The molecule has 0 saturated carbocycles. The van der Waals surface area contributed by atoms with Crippen molar-refractivity contribution >= 4 is 68.1 Å². The Kier molecular flexibility index (Phi) is 6.56. The molecule has 1 heterocycles. The molecule has 3 aromatic carbocycles. The molecule has 0 bridgehead atoms. The first-order valence-electron chi connectivity index (χ1n) is 9.44. The fourth-order valence-electron chi connectivity index (χ4n) is 2.90. The van der Waals surface area contributed by atoms with Gasteiger partial charge < -0.3 is 10.6 Å². The third-order valence-electron chi connectivity index (χ3n) is 4.46. The molecule has 2 amide bonds. The molecule has 2 N–H and O–H groups in total. The number of thiazole rings is 1. The second kappa shape index (κ2) is 9.51. The maximum absolute atomic E-state index is 12.4. The molecule has 5 nitrogen and oxygen atoms in total. The third kappa shape index (κ3) is 5.44. The molecule has 31 heavy (non-hydrogen) atoms. The number of hydrogen-bond donors (Lipinski definition) is 2. The van der Waals surface area contributed by atoms with Crippen LogP contribution in [0, 0.1) is 6.92 Å². The molecular weight excluding hydrogens is 450 g/mol. The summed E-state index contributed by atoms with van der Waals surface area (Å²) >= 11 is 8.84. The van der Waals surface area contributed by atoms with Crippen LogP contribution in [0.15, 0.2) is 71.1 Å². The Morgan fingerprint density at radius 2 is 1.87 bits per heavy atom. The summed E-state index contributed by atoms with van der Waals surface area (Å²) in [5, 5.41) is 6.32. The number of nitrogens with one attached hydrogen (secondary N) is 2. The minimum atomic E-state index is -0.228. The van der Waals surface area contributed by atoms with Gasteiger partial charge in [0.25, 0.3) is 5.91 Å². The Morgan fingerprint density at radius 1 is 1.03 bits per heavy atom. The lowest BCUT2D eigenvalue weighted by Crippen LogP contribution is -2.14. The van der Waals surface area contributed by atoms with E-state index in [0.29, 0.717) is 16.3 Å². The Hall–Kier alpha value is -2.87. The van der Waals surface area contributed by atoms with Crippen LogP contribution in [0.5, 0.6) is 0 Å². The van der Waals surface area contributed by atoms with Crippen LogP contribution >= 0.6 is 34.7 Å². The van der Waals surface area contributed by atoms with E-state index in [2.05, 4.69) is 15.6 Å². The van der Waals surface area contributed by atoms with E-state index < -0.39 is 0 Å². The number of para-hydroxylation sites is 1. The number of anilines is 2. The Balaban J connectivity index is 1.40. The van der Waals surface area contributed by atoms with Crippen LogP contribution in [0.1, 0.15) is 15.9 Å². The van der Waals surface area contributed by atoms with E-state index in [1.165, 1.54) is 23.1 Å². The van der Waals surface area contributed by atoms with E-state index in [0.717, 1.165) is 25.8 Å². The minimum Gasteiger partial charge on any atom is -0.325 e. The number of nitrogens with zero attached hydrogens (tertiary/aromatic N) is 1. The van der Waals surface area contributed by atoms with Gasteiger partial charge in [-0.1, -0.05) is 47.6 Å². The highest BCUT2D eigenvalue weighted by Gasteiger charge is 2.11. The molecule has 0 unspecified atom stereocenters. The van der Waals surface area contributed by atoms with Crippen LogP contribution in [0.4, 0.5) is 11.4 Å². The predicted molar refractivity (Wildman–Crippen MR) is 130 cm³/mol. The summed E-state index contributed by atoms with van der Waals surface area (Å²) in [5.74, 6) is -0.0335. The van der Waals surface area contributed by atoms with Gasteiger partial charge in [0, 0.05) is 22.0 Å². The topological polar surface area (TPSA) is 71.1 Å². The Bertz CT molecular complexity index is 1270. The lowest BCUT2D eigenvalue weighted by Gasteiger charge is -2.06. The van der Waals surface area contributed by atoms with E-state index in [4.69, 9.17) is 11.6 Å². The quantitative estimate of drug-likeness (QED) is 0.329. The van der Waals surface area contributed by atoms with Crippen molar-refractivity contribution in [3.8, 4) is 0 Å². The molecule has 156 valence electrons. The van der Waals surface area contributed by atoms with Crippen LogP contribution in [-0.2, 0) is 4.79 Å². The SMILES string of the molecule is Cc1ccccc1NC(=O)CSc1nc2ccc(NC(=O)c3cccc(Cl)c3)cc2s1. The zero-order valence-electron chi connectivity index (χ0n) is 16.5. The molecular formula is C23H18ClN3O2S2. The van der Waals surface area contributed by atoms with Crippen LogP contribution in [0.2, 0.25) is 5.02 Å². The van der Waals surface area contributed by atoms with Gasteiger partial charge >= 0.3 is 0 Å². The van der Waals surface area contributed by atoms with Gasteiger partial charge in [-0.2, -0.15) is 0 Å². The van der Waals surface area contributed by atoms with E-state index in [-0.39, 0.29) is 17.6 Å². The smallest absolute Gasteiger partial charge is 0.255 e. The summed E-state index contributed by atoms with van der Waals surface area (Å²) < 4.78 is 1.74. The van der Waals surface area contributed by atoms with Gasteiger partial charge in [-0.05, 0) is 55.0 Å². The van der Waals surface area contributed by atoms with Crippen molar-refractivity contribution < 1.29 is 9.59 Å². The summed E-state index contributed by atoms with van der Waals surface area (Å²) in [6, 6.07) is 20.0. The van der Waals surface area contributed by atoms with Crippen molar-refractivity contribution in [1.82, 2.24) is 4.98 Å². The van der Waals surface area contributed by atoms with Gasteiger partial charge in [0.15, 0.2) is 4.34 Å². The summed E-state index contributed by atoms with van der Waals surface area (Å²) in [6.45, 7) is 1.96. The fourth-order valence-corrected chi connectivity index (χ4v) is 5.00. The highest BCUT2D eigenvalue weighted by Crippen LogP contribution is 2.31. The van der Waals surface area contributed by atoms with Crippen LogP contribution in [0.3, 0.4) is 0 Å². The number of benzene rings is 3. The first-order valence-corrected chi connectivity index (χ1v) is 11.6. The molecule has 0 atom stereocenters. The van der Waals surface area contributed by atoms with E-state index in [9.17, 15) is 9.59 Å². The van der Waals surface area contributed by atoms with Crippen molar-refractivity contribution in [1.29, 1.82) is 0 Å². The van der Waals surface area contributed by atoms with Gasteiger partial charge in [0.2, 0.25) is 5.91 Å². The lowest BCUT2D eigenvalue weighted by molar-refractivity contribution is -0.113. The molecule has 0 spiro atoms. The average molecular weight is 468 g/mol. The number of halogens is 1. The lowest BCUT2D eigenvalue weighted by atomic mass is 10.2. The standard InChI is InChI=1S/C23H18ClN3O2S2/c1-14-5-2-3-8-18(14)26-21(28)13-30-23-27-19-10-9-17(12-20(19)31-23)25-22(29)15-6-4-7-16(24)11-15/h2-12H,13H2,1H3,(H,25,29)(H,26,28). The monoisotopic (exact) mass is 467 g/mol. The van der Waals surface area contributed by atoms with E-state index >= 15 is 0 Å².